The molecule has 18 heavy (non-hydrogen) atoms. The third kappa shape index (κ3) is 7.08. The van der Waals surface area contributed by atoms with Crippen molar-refractivity contribution in [1.82, 2.24) is 0 Å². The van der Waals surface area contributed by atoms with E-state index in [1.807, 2.05) is 0 Å². The van der Waals surface area contributed by atoms with Crippen LogP contribution in [0, 0.1) is 5.92 Å². The maximum atomic E-state index is 11.1. The lowest BCUT2D eigenvalue weighted by Gasteiger charge is -2.21. The van der Waals surface area contributed by atoms with Gasteiger partial charge in [0.1, 0.15) is 12.7 Å². The molecular weight excluding hydrogens is 268 g/mol. The van der Waals surface area contributed by atoms with Crippen molar-refractivity contribution in [3.63, 3.8) is 0 Å². The summed E-state index contributed by atoms with van der Waals surface area (Å²) in [4.78, 5) is 32.6. The van der Waals surface area contributed by atoms with Gasteiger partial charge in [-0.05, 0) is 6.42 Å². The molecule has 0 aliphatic carbocycles. The van der Waals surface area contributed by atoms with Crippen LogP contribution in [0.3, 0.4) is 0 Å². The molecule has 0 radical (unpaired) electrons. The molecule has 1 unspecified atom stereocenters. The molecule has 0 aromatic carbocycles. The van der Waals surface area contributed by atoms with Crippen LogP contribution < -0.4 is 0 Å². The van der Waals surface area contributed by atoms with Gasteiger partial charge in [0, 0.05) is 7.11 Å². The number of aliphatic carboxylic acids is 2. The summed E-state index contributed by atoms with van der Waals surface area (Å²) in [6.45, 7) is 1.24. The van der Waals surface area contributed by atoms with E-state index >= 15 is 0 Å². The Hall–Kier alpha value is -1.34. The quantitative estimate of drug-likeness (QED) is 0.626. The summed E-state index contributed by atoms with van der Waals surface area (Å²) in [5.74, 6) is -4.23. The van der Waals surface area contributed by atoms with Gasteiger partial charge in [-0.2, -0.15) is 0 Å². The van der Waals surface area contributed by atoms with E-state index in [2.05, 4.69) is 4.74 Å². The van der Waals surface area contributed by atoms with E-state index in [9.17, 15) is 14.4 Å². The minimum Gasteiger partial charge on any atom is -0.481 e. The molecule has 106 valence electrons. The molecular formula is C10H17ClO7. The molecule has 0 saturated carbocycles. The second-order valence-corrected chi connectivity index (χ2v) is 3.41. The number of carbonyl (C=O) groups is 3. The van der Waals surface area contributed by atoms with E-state index in [1.165, 1.54) is 7.11 Å². The fourth-order valence-corrected chi connectivity index (χ4v) is 1.36. The smallest absolute Gasteiger partial charge is 0.332 e. The average Bonchev–Trinajstić information content (AvgIpc) is 2.16. The summed E-state index contributed by atoms with van der Waals surface area (Å²) < 4.78 is 9.30. The van der Waals surface area contributed by atoms with Gasteiger partial charge in [-0.1, -0.05) is 6.92 Å². The molecule has 0 rings (SSSR count). The number of carboxylic acids is 2. The lowest BCUT2D eigenvalue weighted by atomic mass is 9.97. The molecule has 0 amide bonds. The summed E-state index contributed by atoms with van der Waals surface area (Å²) in [5, 5.41) is 17.5. The monoisotopic (exact) mass is 284 g/mol. The normalized spacial score (nSPS) is 13.0. The Balaban J connectivity index is 0. The van der Waals surface area contributed by atoms with E-state index in [0.717, 1.165) is 0 Å². The van der Waals surface area contributed by atoms with Gasteiger partial charge >= 0.3 is 17.9 Å². The van der Waals surface area contributed by atoms with Crippen molar-refractivity contribution in [3.05, 3.63) is 0 Å². The summed E-state index contributed by atoms with van der Waals surface area (Å²) in [7, 11) is 1.28. The van der Waals surface area contributed by atoms with E-state index in [0.29, 0.717) is 0 Å². The number of carbonyl (C=O) groups excluding carboxylic acids is 1. The minimum absolute atomic E-state index is 0. The van der Waals surface area contributed by atoms with Crippen LogP contribution in [-0.4, -0.2) is 47.9 Å². The van der Waals surface area contributed by atoms with Crippen LogP contribution in [-0.2, 0) is 23.9 Å². The van der Waals surface area contributed by atoms with Gasteiger partial charge in [-0.25, -0.2) is 4.79 Å². The Morgan fingerprint density at radius 3 is 2.11 bits per heavy atom. The van der Waals surface area contributed by atoms with Gasteiger partial charge in [0.05, 0.1) is 12.3 Å². The zero-order valence-corrected chi connectivity index (χ0v) is 10.9. The van der Waals surface area contributed by atoms with Crippen LogP contribution in [0.2, 0.25) is 0 Å². The first kappa shape index (κ1) is 19.0. The maximum absolute atomic E-state index is 11.1. The largest absolute Gasteiger partial charge is 0.481 e. The lowest BCUT2D eigenvalue weighted by molar-refractivity contribution is -0.164. The molecule has 2 atom stereocenters. The topological polar surface area (TPSA) is 110 Å². The highest BCUT2D eigenvalue weighted by Gasteiger charge is 2.31. The van der Waals surface area contributed by atoms with E-state index in [1.54, 1.807) is 6.92 Å². The number of hydrogen-bond acceptors (Lipinski definition) is 5. The molecule has 0 bridgehead atoms. The molecule has 7 nitrogen and oxygen atoms in total. The number of esters is 1. The van der Waals surface area contributed by atoms with Crippen molar-refractivity contribution in [2.24, 2.45) is 5.92 Å². The molecule has 8 heteroatoms. The van der Waals surface area contributed by atoms with E-state index in [-0.39, 0.29) is 25.4 Å². The first-order valence-corrected chi connectivity index (χ1v) is 5.05. The molecule has 0 aromatic rings. The lowest BCUT2D eigenvalue weighted by Crippen LogP contribution is -2.35. The van der Waals surface area contributed by atoms with Crippen LogP contribution in [0.4, 0.5) is 0 Å². The van der Waals surface area contributed by atoms with Crippen molar-refractivity contribution in [3.8, 4) is 0 Å². The number of rotatable bonds is 8. The Labute approximate surface area is 110 Å². The Bertz CT molecular complexity index is 292. The van der Waals surface area contributed by atoms with Crippen molar-refractivity contribution in [2.45, 2.75) is 25.9 Å². The highest BCUT2D eigenvalue weighted by atomic mass is 35.5. The SMILES string of the molecule is CCC(C(=O)O)[C@H](CC(=O)O)OC(=O)COC.Cl. The summed E-state index contributed by atoms with van der Waals surface area (Å²) in [5.41, 5.74) is 0. The Morgan fingerprint density at radius 1 is 1.22 bits per heavy atom. The number of hydrogen-bond donors (Lipinski definition) is 2. The Kier molecular flexibility index (Phi) is 10.2. The molecule has 0 aliphatic rings. The zero-order chi connectivity index (χ0) is 13.4. The van der Waals surface area contributed by atoms with E-state index in [4.69, 9.17) is 14.9 Å². The summed E-state index contributed by atoms with van der Waals surface area (Å²) in [6, 6.07) is 0. The van der Waals surface area contributed by atoms with Gasteiger partial charge in [0.25, 0.3) is 0 Å². The van der Waals surface area contributed by atoms with Crippen LogP contribution in [0.25, 0.3) is 0 Å². The number of carboxylic acid groups (broad SMARTS) is 2. The van der Waals surface area contributed by atoms with Crippen molar-refractivity contribution >= 4 is 30.3 Å². The third-order valence-electron chi connectivity index (χ3n) is 2.13. The molecule has 0 saturated heterocycles. The van der Waals surface area contributed by atoms with E-state index < -0.39 is 36.4 Å². The van der Waals surface area contributed by atoms with Crippen LogP contribution in [0.1, 0.15) is 19.8 Å². The summed E-state index contributed by atoms with van der Waals surface area (Å²) >= 11 is 0. The van der Waals surface area contributed by atoms with Gasteiger partial charge in [0.2, 0.25) is 0 Å². The predicted molar refractivity (Wildman–Crippen MR) is 62.7 cm³/mol. The van der Waals surface area contributed by atoms with Gasteiger partial charge < -0.3 is 19.7 Å². The molecule has 2 N–H and O–H groups in total. The zero-order valence-electron chi connectivity index (χ0n) is 10.1. The second kappa shape index (κ2) is 9.67. The van der Waals surface area contributed by atoms with Gasteiger partial charge in [-0.3, -0.25) is 9.59 Å². The maximum Gasteiger partial charge on any atom is 0.332 e. The van der Waals surface area contributed by atoms with Crippen molar-refractivity contribution in [1.29, 1.82) is 0 Å². The number of halogens is 1. The standard InChI is InChI=1S/C10H16O7.ClH/c1-3-6(10(14)15)7(4-8(11)12)17-9(13)5-16-2;/h6-7H,3-5H2,1-2H3,(H,11,12)(H,14,15);1H/t6?,7-;/m0./s1. The molecule has 0 fully saturated rings. The fourth-order valence-electron chi connectivity index (χ4n) is 1.36. The molecule has 0 heterocycles. The molecule has 0 aromatic heterocycles. The number of methoxy groups -OCH3 is 1. The summed E-state index contributed by atoms with van der Waals surface area (Å²) in [6.07, 6.45) is -1.55. The Morgan fingerprint density at radius 2 is 1.78 bits per heavy atom. The highest BCUT2D eigenvalue weighted by Crippen LogP contribution is 2.16. The molecule has 0 aliphatic heterocycles. The van der Waals surface area contributed by atoms with Crippen LogP contribution >= 0.6 is 12.4 Å². The van der Waals surface area contributed by atoms with Gasteiger partial charge in [0.15, 0.2) is 0 Å². The second-order valence-electron chi connectivity index (χ2n) is 3.41. The fraction of sp³-hybridized carbons (Fsp3) is 0.700. The van der Waals surface area contributed by atoms with Crippen molar-refractivity contribution in [2.75, 3.05) is 13.7 Å². The third-order valence-corrected chi connectivity index (χ3v) is 2.13. The minimum atomic E-state index is -1.22. The van der Waals surface area contributed by atoms with Crippen molar-refractivity contribution < 1.29 is 34.1 Å². The van der Waals surface area contributed by atoms with Crippen LogP contribution in [0.15, 0.2) is 0 Å². The average molecular weight is 285 g/mol. The highest BCUT2D eigenvalue weighted by molar-refractivity contribution is 5.85. The van der Waals surface area contributed by atoms with Crippen LogP contribution in [0.5, 0.6) is 0 Å². The first-order valence-electron chi connectivity index (χ1n) is 5.05. The first-order chi connectivity index (χ1) is 7.92. The van der Waals surface area contributed by atoms with Gasteiger partial charge in [-0.15, -0.1) is 12.4 Å². The predicted octanol–water partition coefficient (Wildman–Crippen LogP) is 0.552. The molecule has 0 spiro atoms. The number of ether oxygens (including phenoxy) is 2.